The Morgan fingerprint density at radius 3 is 2.55 bits per heavy atom. The molecule has 0 bridgehead atoms. The Morgan fingerprint density at radius 2 is 2.00 bits per heavy atom. The highest BCUT2D eigenvalue weighted by molar-refractivity contribution is 7.89. The molecule has 0 atom stereocenters. The van der Waals surface area contributed by atoms with Crippen LogP contribution in [0, 0.1) is 10.1 Å². The molecule has 0 unspecified atom stereocenters. The van der Waals surface area contributed by atoms with Crippen molar-refractivity contribution >= 4 is 28.1 Å². The maximum Gasteiger partial charge on any atom is 0.312 e. The molecule has 1 aromatic rings. The molecule has 124 valence electrons. The normalized spacial score (nSPS) is 15.9. The summed E-state index contributed by atoms with van der Waals surface area (Å²) in [6.45, 7) is 1.49. The number of hydrogen-bond donors (Lipinski definition) is 2. The summed E-state index contributed by atoms with van der Waals surface area (Å²) in [5, 5.41) is 14.1. The fourth-order valence-corrected chi connectivity index (χ4v) is 3.53. The van der Waals surface area contributed by atoms with E-state index < -0.39 is 14.9 Å². The molecular formula is C12H18ClN3O5S. The van der Waals surface area contributed by atoms with E-state index >= 15 is 0 Å². The predicted octanol–water partition coefficient (Wildman–Crippen LogP) is 1.06. The standard InChI is InChI=1S/C12H17N3O5S.ClH/c1-20-12-3-2-10(8-11(12)15(16)17)21(18,19)14-9-4-6-13-7-5-9;/h2-3,8-9,13-14H,4-7H2,1H3;1H. The van der Waals surface area contributed by atoms with Gasteiger partial charge in [0, 0.05) is 12.1 Å². The first-order chi connectivity index (χ1) is 9.94. The number of nitrogens with one attached hydrogen (secondary N) is 2. The van der Waals surface area contributed by atoms with Gasteiger partial charge in [-0.25, -0.2) is 13.1 Å². The second kappa shape index (κ2) is 7.73. The summed E-state index contributed by atoms with van der Waals surface area (Å²) in [6, 6.07) is 3.45. The van der Waals surface area contributed by atoms with Gasteiger partial charge in [0.25, 0.3) is 0 Å². The van der Waals surface area contributed by atoms with Gasteiger partial charge < -0.3 is 10.1 Å². The van der Waals surface area contributed by atoms with E-state index in [2.05, 4.69) is 10.0 Å². The number of benzene rings is 1. The van der Waals surface area contributed by atoms with Crippen molar-refractivity contribution in [2.24, 2.45) is 0 Å². The zero-order chi connectivity index (χ0) is 15.5. The largest absolute Gasteiger partial charge is 0.490 e. The molecule has 1 fully saturated rings. The first kappa shape index (κ1) is 18.6. The molecular weight excluding hydrogens is 334 g/mol. The van der Waals surface area contributed by atoms with Crippen LogP contribution in [-0.4, -0.2) is 39.6 Å². The molecule has 1 saturated heterocycles. The lowest BCUT2D eigenvalue weighted by atomic mass is 10.1. The molecule has 22 heavy (non-hydrogen) atoms. The molecule has 1 aromatic carbocycles. The lowest BCUT2D eigenvalue weighted by molar-refractivity contribution is -0.386. The molecule has 0 aliphatic carbocycles. The van der Waals surface area contributed by atoms with Gasteiger partial charge >= 0.3 is 5.69 Å². The van der Waals surface area contributed by atoms with Crippen molar-refractivity contribution in [2.75, 3.05) is 20.2 Å². The zero-order valence-electron chi connectivity index (χ0n) is 11.9. The van der Waals surface area contributed by atoms with Gasteiger partial charge in [-0.05, 0) is 38.1 Å². The summed E-state index contributed by atoms with van der Waals surface area (Å²) in [7, 11) is -2.48. The Kier molecular flexibility index (Phi) is 6.54. The second-order valence-corrected chi connectivity index (χ2v) is 6.45. The van der Waals surface area contributed by atoms with Crippen LogP contribution >= 0.6 is 12.4 Å². The van der Waals surface area contributed by atoms with Crippen molar-refractivity contribution in [1.29, 1.82) is 0 Å². The van der Waals surface area contributed by atoms with Crippen LogP contribution in [0.15, 0.2) is 23.1 Å². The van der Waals surface area contributed by atoms with Gasteiger partial charge in [0.2, 0.25) is 10.0 Å². The number of rotatable bonds is 5. The highest BCUT2D eigenvalue weighted by atomic mass is 35.5. The summed E-state index contributed by atoms with van der Waals surface area (Å²) in [4.78, 5) is 10.2. The van der Waals surface area contributed by atoms with Crippen molar-refractivity contribution < 1.29 is 18.1 Å². The number of halogens is 1. The number of methoxy groups -OCH3 is 1. The number of nitrogens with zero attached hydrogens (tertiary/aromatic N) is 1. The number of ether oxygens (including phenoxy) is 1. The van der Waals surface area contributed by atoms with Gasteiger partial charge in [0.1, 0.15) is 0 Å². The summed E-state index contributed by atoms with van der Waals surface area (Å²) in [5.41, 5.74) is -0.370. The van der Waals surface area contributed by atoms with Crippen molar-refractivity contribution in [2.45, 2.75) is 23.8 Å². The van der Waals surface area contributed by atoms with Gasteiger partial charge in [0.15, 0.2) is 5.75 Å². The van der Waals surface area contributed by atoms with E-state index in [4.69, 9.17) is 4.74 Å². The monoisotopic (exact) mass is 351 g/mol. The minimum Gasteiger partial charge on any atom is -0.490 e. The molecule has 0 amide bonds. The summed E-state index contributed by atoms with van der Waals surface area (Å²) in [6.07, 6.45) is 1.38. The lowest BCUT2D eigenvalue weighted by Crippen LogP contribution is -2.42. The van der Waals surface area contributed by atoms with Crippen LogP contribution in [0.3, 0.4) is 0 Å². The van der Waals surface area contributed by atoms with E-state index in [1.807, 2.05) is 0 Å². The third kappa shape index (κ3) is 4.29. The first-order valence-electron chi connectivity index (χ1n) is 6.49. The van der Waals surface area contributed by atoms with E-state index in [0.717, 1.165) is 19.2 Å². The minimum absolute atomic E-state index is 0. The van der Waals surface area contributed by atoms with Crippen LogP contribution in [0.5, 0.6) is 5.75 Å². The first-order valence-corrected chi connectivity index (χ1v) is 7.98. The number of nitro benzene ring substituents is 1. The van der Waals surface area contributed by atoms with E-state index in [1.165, 1.54) is 19.2 Å². The van der Waals surface area contributed by atoms with E-state index in [-0.39, 0.29) is 34.8 Å². The van der Waals surface area contributed by atoms with E-state index in [9.17, 15) is 18.5 Å². The van der Waals surface area contributed by atoms with E-state index in [0.29, 0.717) is 12.8 Å². The minimum atomic E-state index is -3.78. The van der Waals surface area contributed by atoms with Crippen LogP contribution in [0.25, 0.3) is 0 Å². The Labute approximate surface area is 134 Å². The summed E-state index contributed by atoms with van der Waals surface area (Å²) >= 11 is 0. The fraction of sp³-hybridized carbons (Fsp3) is 0.500. The van der Waals surface area contributed by atoms with Gasteiger partial charge in [-0.15, -0.1) is 12.4 Å². The average Bonchev–Trinajstić information content (AvgIpc) is 2.47. The predicted molar refractivity (Wildman–Crippen MR) is 83.1 cm³/mol. The fourth-order valence-electron chi connectivity index (χ4n) is 2.21. The van der Waals surface area contributed by atoms with E-state index in [1.54, 1.807) is 0 Å². The van der Waals surface area contributed by atoms with Crippen molar-refractivity contribution in [3.63, 3.8) is 0 Å². The molecule has 8 nitrogen and oxygen atoms in total. The van der Waals surface area contributed by atoms with Gasteiger partial charge in [-0.2, -0.15) is 0 Å². The zero-order valence-corrected chi connectivity index (χ0v) is 13.6. The van der Waals surface area contributed by atoms with Gasteiger partial charge in [-0.3, -0.25) is 10.1 Å². The number of nitro groups is 1. The number of sulfonamides is 1. The van der Waals surface area contributed by atoms with Crippen molar-refractivity contribution in [3.8, 4) is 5.75 Å². The molecule has 1 heterocycles. The number of piperidine rings is 1. The Balaban J connectivity index is 0.00000242. The maximum atomic E-state index is 12.3. The second-order valence-electron chi connectivity index (χ2n) is 4.74. The molecule has 0 radical (unpaired) electrons. The van der Waals surface area contributed by atoms with Crippen molar-refractivity contribution in [3.05, 3.63) is 28.3 Å². The average molecular weight is 352 g/mol. The quantitative estimate of drug-likeness (QED) is 0.606. The van der Waals surface area contributed by atoms with Crippen LogP contribution in [0.2, 0.25) is 0 Å². The van der Waals surface area contributed by atoms with Crippen LogP contribution < -0.4 is 14.8 Å². The Morgan fingerprint density at radius 1 is 1.36 bits per heavy atom. The molecule has 0 aromatic heterocycles. The third-order valence-corrected chi connectivity index (χ3v) is 4.84. The lowest BCUT2D eigenvalue weighted by Gasteiger charge is -2.23. The van der Waals surface area contributed by atoms with Crippen LogP contribution in [-0.2, 0) is 10.0 Å². The molecule has 0 spiro atoms. The van der Waals surface area contributed by atoms with Gasteiger partial charge in [-0.1, -0.05) is 0 Å². The smallest absolute Gasteiger partial charge is 0.312 e. The topological polar surface area (TPSA) is 111 Å². The van der Waals surface area contributed by atoms with Gasteiger partial charge in [0.05, 0.1) is 16.9 Å². The SMILES string of the molecule is COc1ccc(S(=O)(=O)NC2CCNCC2)cc1[N+](=O)[O-].Cl. The summed E-state index contributed by atoms with van der Waals surface area (Å²) in [5.74, 6) is 0.0285. The molecule has 10 heteroatoms. The van der Waals surface area contributed by atoms with Crippen molar-refractivity contribution in [1.82, 2.24) is 10.0 Å². The maximum absolute atomic E-state index is 12.3. The highest BCUT2D eigenvalue weighted by Gasteiger charge is 2.25. The van der Waals surface area contributed by atoms with Crippen LogP contribution in [0.4, 0.5) is 5.69 Å². The third-order valence-electron chi connectivity index (χ3n) is 3.32. The number of hydrogen-bond acceptors (Lipinski definition) is 6. The highest BCUT2D eigenvalue weighted by Crippen LogP contribution is 2.29. The molecule has 2 rings (SSSR count). The summed E-state index contributed by atoms with van der Waals surface area (Å²) < 4.78 is 32.0. The molecule has 1 aliphatic rings. The molecule has 2 N–H and O–H groups in total. The molecule has 0 saturated carbocycles. The Hall–Kier alpha value is -1.42. The van der Waals surface area contributed by atoms with Crippen LogP contribution in [0.1, 0.15) is 12.8 Å². The Bertz CT molecular complexity index is 632. The molecule has 1 aliphatic heterocycles.